The predicted molar refractivity (Wildman–Crippen MR) is 129 cm³/mol. The third-order valence-corrected chi connectivity index (χ3v) is 5.66. The monoisotopic (exact) mass is 462 g/mol. The highest BCUT2D eigenvalue weighted by atomic mass is 35.5. The number of aliphatic hydroxyl groups is 2. The standard InChI is InChI=1S/C26H35ClO5/c1-5-6-13-30-16-23(29)18-31-24-10-7-20(8-11-24)26(3,4)21-9-12-25(19(2)14-21)32-17-22(28)15-27/h7-12,14,16,22,28-29H,5-6,13,15,17-18H2,1-4H3/b23-16-/t22-/m0/s1. The van der Waals surface area contributed by atoms with Crippen LogP contribution in [0.25, 0.3) is 0 Å². The highest BCUT2D eigenvalue weighted by Crippen LogP contribution is 2.34. The Morgan fingerprint density at radius 1 is 1.09 bits per heavy atom. The molecule has 0 aliphatic carbocycles. The molecule has 1 atom stereocenters. The topological polar surface area (TPSA) is 68.2 Å². The average molecular weight is 463 g/mol. The van der Waals surface area contributed by atoms with Crippen molar-refractivity contribution < 1.29 is 24.4 Å². The lowest BCUT2D eigenvalue weighted by atomic mass is 9.77. The Balaban J connectivity index is 2.01. The lowest BCUT2D eigenvalue weighted by molar-refractivity contribution is 0.125. The third kappa shape index (κ3) is 7.64. The Kier molecular flexibility index (Phi) is 10.2. The predicted octanol–water partition coefficient (Wildman–Crippen LogP) is 5.89. The van der Waals surface area contributed by atoms with Crippen LogP contribution in [0.5, 0.6) is 11.5 Å². The lowest BCUT2D eigenvalue weighted by Crippen LogP contribution is -2.20. The molecule has 0 radical (unpaired) electrons. The van der Waals surface area contributed by atoms with Gasteiger partial charge < -0.3 is 24.4 Å². The van der Waals surface area contributed by atoms with E-state index in [1.54, 1.807) is 0 Å². The van der Waals surface area contributed by atoms with Gasteiger partial charge in [-0.3, -0.25) is 0 Å². The number of aliphatic hydroxyl groups excluding tert-OH is 2. The molecular formula is C26H35ClO5. The van der Waals surface area contributed by atoms with Gasteiger partial charge >= 0.3 is 0 Å². The van der Waals surface area contributed by atoms with Crippen LogP contribution in [-0.4, -0.2) is 42.0 Å². The molecule has 2 aromatic carbocycles. The second kappa shape index (κ2) is 12.6. The number of rotatable bonds is 13. The number of hydrogen-bond donors (Lipinski definition) is 2. The first-order valence-electron chi connectivity index (χ1n) is 11.0. The van der Waals surface area contributed by atoms with Gasteiger partial charge in [-0.1, -0.05) is 51.5 Å². The molecule has 0 aromatic heterocycles. The second-order valence-corrected chi connectivity index (χ2v) is 8.68. The maximum absolute atomic E-state index is 9.85. The molecule has 0 saturated carbocycles. The van der Waals surface area contributed by atoms with Crippen molar-refractivity contribution in [2.24, 2.45) is 0 Å². The van der Waals surface area contributed by atoms with Gasteiger partial charge in [-0.15, -0.1) is 11.6 Å². The van der Waals surface area contributed by atoms with Gasteiger partial charge in [0.25, 0.3) is 0 Å². The summed E-state index contributed by atoms with van der Waals surface area (Å²) in [7, 11) is 0. The van der Waals surface area contributed by atoms with E-state index in [9.17, 15) is 10.2 Å². The van der Waals surface area contributed by atoms with Crippen LogP contribution >= 0.6 is 11.6 Å². The van der Waals surface area contributed by atoms with E-state index in [0.717, 1.165) is 35.3 Å². The first-order valence-corrected chi connectivity index (χ1v) is 11.5. The zero-order valence-electron chi connectivity index (χ0n) is 19.4. The Hall–Kier alpha value is -2.37. The summed E-state index contributed by atoms with van der Waals surface area (Å²) in [4.78, 5) is 0. The zero-order valence-corrected chi connectivity index (χ0v) is 20.2. The first kappa shape index (κ1) is 25.9. The van der Waals surface area contributed by atoms with Crippen molar-refractivity contribution in [1.29, 1.82) is 0 Å². The largest absolute Gasteiger partial charge is 0.506 e. The van der Waals surface area contributed by atoms with Gasteiger partial charge in [0.1, 0.15) is 37.1 Å². The average Bonchev–Trinajstić information content (AvgIpc) is 2.79. The van der Waals surface area contributed by atoms with Crippen LogP contribution in [0.3, 0.4) is 0 Å². The molecule has 32 heavy (non-hydrogen) atoms. The van der Waals surface area contributed by atoms with E-state index in [1.165, 1.54) is 6.26 Å². The van der Waals surface area contributed by atoms with Gasteiger partial charge in [-0.25, -0.2) is 0 Å². The van der Waals surface area contributed by atoms with Gasteiger partial charge in [0.05, 0.1) is 12.5 Å². The lowest BCUT2D eigenvalue weighted by Gasteiger charge is -2.27. The zero-order chi connectivity index (χ0) is 23.6. The van der Waals surface area contributed by atoms with Crippen LogP contribution in [0.15, 0.2) is 54.5 Å². The second-order valence-electron chi connectivity index (χ2n) is 8.37. The smallest absolute Gasteiger partial charge is 0.164 e. The number of aryl methyl sites for hydroxylation is 1. The fourth-order valence-corrected chi connectivity index (χ4v) is 3.23. The van der Waals surface area contributed by atoms with Gasteiger partial charge in [0, 0.05) is 5.41 Å². The van der Waals surface area contributed by atoms with Crippen molar-refractivity contribution in [1.82, 2.24) is 0 Å². The molecule has 2 N–H and O–H groups in total. The number of alkyl halides is 1. The van der Waals surface area contributed by atoms with Crippen LogP contribution in [0, 0.1) is 6.92 Å². The Morgan fingerprint density at radius 2 is 1.78 bits per heavy atom. The molecule has 2 rings (SSSR count). The fraction of sp³-hybridized carbons (Fsp3) is 0.462. The molecule has 0 saturated heterocycles. The molecule has 0 spiro atoms. The Bertz CT molecular complexity index is 861. The van der Waals surface area contributed by atoms with Crippen molar-refractivity contribution in [2.75, 3.05) is 25.7 Å². The number of halogens is 1. The molecule has 6 heteroatoms. The molecule has 0 amide bonds. The summed E-state index contributed by atoms with van der Waals surface area (Å²) >= 11 is 5.63. The minimum atomic E-state index is -0.682. The maximum Gasteiger partial charge on any atom is 0.164 e. The molecule has 0 heterocycles. The van der Waals surface area contributed by atoms with E-state index in [-0.39, 0.29) is 30.3 Å². The van der Waals surface area contributed by atoms with Crippen LogP contribution < -0.4 is 9.47 Å². The highest BCUT2D eigenvalue weighted by molar-refractivity contribution is 6.18. The van der Waals surface area contributed by atoms with Crippen molar-refractivity contribution in [3.63, 3.8) is 0 Å². The van der Waals surface area contributed by atoms with Crippen LogP contribution in [0.1, 0.15) is 50.3 Å². The summed E-state index contributed by atoms with van der Waals surface area (Å²) in [5, 5.41) is 19.5. The van der Waals surface area contributed by atoms with E-state index >= 15 is 0 Å². The van der Waals surface area contributed by atoms with Gasteiger partial charge in [0.15, 0.2) is 5.76 Å². The SMILES string of the molecule is CCCCO/C=C(\O)COc1ccc(C(C)(C)c2ccc(OC[C@@H](O)CCl)c(C)c2)cc1. The maximum atomic E-state index is 9.85. The van der Waals surface area contributed by atoms with Gasteiger partial charge in [-0.2, -0.15) is 0 Å². The van der Waals surface area contributed by atoms with E-state index in [2.05, 4.69) is 26.8 Å². The van der Waals surface area contributed by atoms with Gasteiger partial charge in [0.2, 0.25) is 0 Å². The van der Waals surface area contributed by atoms with Crippen molar-refractivity contribution in [3.8, 4) is 11.5 Å². The van der Waals surface area contributed by atoms with E-state index < -0.39 is 6.10 Å². The highest BCUT2D eigenvalue weighted by Gasteiger charge is 2.24. The molecule has 0 aliphatic rings. The minimum absolute atomic E-state index is 0.0573. The van der Waals surface area contributed by atoms with Crippen LogP contribution in [0.2, 0.25) is 0 Å². The molecule has 176 valence electrons. The summed E-state index contributed by atoms with van der Waals surface area (Å²) in [6.45, 7) is 9.23. The van der Waals surface area contributed by atoms with E-state index in [0.29, 0.717) is 12.4 Å². The van der Waals surface area contributed by atoms with Crippen molar-refractivity contribution in [3.05, 3.63) is 71.2 Å². The van der Waals surface area contributed by atoms with Crippen molar-refractivity contribution >= 4 is 11.6 Å². The summed E-state index contributed by atoms with van der Waals surface area (Å²) in [5.74, 6) is 1.62. The molecule has 0 aliphatic heterocycles. The van der Waals surface area contributed by atoms with Crippen LogP contribution in [-0.2, 0) is 10.2 Å². The fourth-order valence-electron chi connectivity index (χ4n) is 3.14. The normalized spacial score (nSPS) is 13.0. The summed E-state index contributed by atoms with van der Waals surface area (Å²) in [6.07, 6.45) is 2.66. The van der Waals surface area contributed by atoms with Crippen molar-refractivity contribution in [2.45, 2.75) is 52.1 Å². The number of ether oxygens (including phenoxy) is 3. The molecule has 0 unspecified atom stereocenters. The quantitative estimate of drug-likeness (QED) is 0.220. The minimum Gasteiger partial charge on any atom is -0.506 e. The first-order chi connectivity index (χ1) is 15.3. The number of benzene rings is 2. The molecular weight excluding hydrogens is 428 g/mol. The summed E-state index contributed by atoms with van der Waals surface area (Å²) in [6, 6.07) is 14.0. The van der Waals surface area contributed by atoms with E-state index in [4.69, 9.17) is 25.8 Å². The molecule has 2 aromatic rings. The third-order valence-electron chi connectivity index (χ3n) is 5.30. The van der Waals surface area contributed by atoms with Crippen LogP contribution in [0.4, 0.5) is 0 Å². The van der Waals surface area contributed by atoms with E-state index in [1.807, 2.05) is 43.3 Å². The summed E-state index contributed by atoms with van der Waals surface area (Å²) < 4.78 is 16.6. The molecule has 0 fully saturated rings. The number of unbranched alkanes of at least 4 members (excludes halogenated alkanes) is 1. The molecule has 0 bridgehead atoms. The van der Waals surface area contributed by atoms with Gasteiger partial charge in [-0.05, 0) is 48.2 Å². The summed E-state index contributed by atoms with van der Waals surface area (Å²) in [5.41, 5.74) is 3.06. The number of hydrogen-bond acceptors (Lipinski definition) is 5. The Morgan fingerprint density at radius 3 is 2.41 bits per heavy atom. The Labute approximate surface area is 196 Å². The molecule has 5 nitrogen and oxygen atoms in total.